The Morgan fingerprint density at radius 1 is 1.15 bits per heavy atom. The molecule has 2 heterocycles. The van der Waals surface area contributed by atoms with Gasteiger partial charge in [-0.3, -0.25) is 0 Å². The smallest absolute Gasteiger partial charge is 0.407 e. The van der Waals surface area contributed by atoms with Crippen molar-refractivity contribution in [2.24, 2.45) is 0 Å². The molecular formula is C20H24N4O2. The van der Waals surface area contributed by atoms with Crippen LogP contribution in [0.3, 0.4) is 0 Å². The van der Waals surface area contributed by atoms with Crippen molar-refractivity contribution in [1.29, 1.82) is 0 Å². The zero-order valence-corrected chi connectivity index (χ0v) is 15.6. The zero-order valence-electron chi connectivity index (χ0n) is 15.6. The number of ether oxygens (including phenoxy) is 1. The molecule has 0 fully saturated rings. The Hall–Kier alpha value is -3.02. The number of benzene rings is 1. The van der Waals surface area contributed by atoms with Crippen LogP contribution < -0.4 is 10.6 Å². The van der Waals surface area contributed by atoms with Crippen LogP contribution in [0.25, 0.3) is 5.65 Å². The number of hydrogen-bond acceptors (Lipinski definition) is 4. The number of carbonyl (C=O) groups is 1. The second-order valence-electron chi connectivity index (χ2n) is 6.31. The molecule has 1 amide bonds. The Bertz CT molecular complexity index is 946. The van der Waals surface area contributed by atoms with Gasteiger partial charge in [-0.15, -0.1) is 0 Å². The minimum absolute atomic E-state index is 0.428. The summed E-state index contributed by atoms with van der Waals surface area (Å²) in [5.41, 5.74) is 7.46. The summed E-state index contributed by atoms with van der Waals surface area (Å²) in [6.07, 6.45) is 1.59. The highest BCUT2D eigenvalue weighted by Gasteiger charge is 2.11. The third kappa shape index (κ3) is 3.49. The zero-order chi connectivity index (χ0) is 18.7. The number of hydrogen-bond donors (Lipinski definition) is 2. The van der Waals surface area contributed by atoms with Gasteiger partial charge in [0.2, 0.25) is 0 Å². The van der Waals surface area contributed by atoms with Gasteiger partial charge in [0.15, 0.2) is 5.65 Å². The summed E-state index contributed by atoms with van der Waals surface area (Å²) in [5.74, 6) is 0. The minimum Gasteiger partial charge on any atom is -0.453 e. The summed E-state index contributed by atoms with van der Waals surface area (Å²) in [4.78, 5) is 16.0. The lowest BCUT2D eigenvalue weighted by Crippen LogP contribution is -2.23. The van der Waals surface area contributed by atoms with Crippen molar-refractivity contribution in [1.82, 2.24) is 14.7 Å². The van der Waals surface area contributed by atoms with Crippen molar-refractivity contribution in [2.75, 3.05) is 12.4 Å². The van der Waals surface area contributed by atoms with Crippen LogP contribution in [0.1, 0.15) is 28.1 Å². The number of rotatable bonds is 5. The van der Waals surface area contributed by atoms with Crippen molar-refractivity contribution in [3.05, 3.63) is 64.6 Å². The molecule has 3 aromatic rings. The van der Waals surface area contributed by atoms with Gasteiger partial charge in [-0.2, -0.15) is 0 Å². The van der Waals surface area contributed by atoms with E-state index in [4.69, 9.17) is 0 Å². The largest absolute Gasteiger partial charge is 0.453 e. The maximum atomic E-state index is 11.4. The SMILES string of the molecule is COC(=O)NCc1cccc(C)c1CNc1cccn2c(C)c(C)nc12. The predicted octanol–water partition coefficient (Wildman–Crippen LogP) is 3.73. The molecule has 136 valence electrons. The van der Waals surface area contributed by atoms with E-state index in [1.54, 1.807) is 0 Å². The number of aryl methyl sites for hydroxylation is 3. The molecule has 0 spiro atoms. The fourth-order valence-electron chi connectivity index (χ4n) is 3.04. The highest BCUT2D eigenvalue weighted by Crippen LogP contribution is 2.22. The molecule has 0 saturated carbocycles. The molecule has 0 radical (unpaired) electrons. The van der Waals surface area contributed by atoms with Crippen LogP contribution in [-0.4, -0.2) is 22.6 Å². The summed E-state index contributed by atoms with van der Waals surface area (Å²) < 4.78 is 6.75. The second kappa shape index (κ2) is 7.47. The lowest BCUT2D eigenvalue weighted by atomic mass is 10.0. The first-order valence-electron chi connectivity index (χ1n) is 8.58. The van der Waals surface area contributed by atoms with Crippen LogP contribution in [-0.2, 0) is 17.8 Å². The van der Waals surface area contributed by atoms with Gasteiger partial charge in [0.05, 0.1) is 18.5 Å². The molecule has 3 rings (SSSR count). The van der Waals surface area contributed by atoms with Crippen LogP contribution in [0.15, 0.2) is 36.5 Å². The minimum atomic E-state index is -0.432. The number of amides is 1. The quantitative estimate of drug-likeness (QED) is 0.734. The Balaban J connectivity index is 1.84. The van der Waals surface area contributed by atoms with Crippen molar-refractivity contribution in [3.63, 3.8) is 0 Å². The Kier molecular flexibility index (Phi) is 5.11. The van der Waals surface area contributed by atoms with E-state index in [1.807, 2.05) is 37.4 Å². The second-order valence-corrected chi connectivity index (χ2v) is 6.31. The Morgan fingerprint density at radius 3 is 2.73 bits per heavy atom. The van der Waals surface area contributed by atoms with Crippen LogP contribution in [0, 0.1) is 20.8 Å². The van der Waals surface area contributed by atoms with Gasteiger partial charge in [-0.05, 0) is 49.6 Å². The van der Waals surface area contributed by atoms with E-state index < -0.39 is 6.09 Å². The first-order chi connectivity index (χ1) is 12.5. The average Bonchev–Trinajstić information content (AvgIpc) is 2.94. The number of nitrogens with zero attached hydrogens (tertiary/aromatic N) is 2. The summed E-state index contributed by atoms with van der Waals surface area (Å²) in [6.45, 7) is 7.23. The fraction of sp³-hybridized carbons (Fsp3) is 0.300. The number of pyridine rings is 1. The molecule has 1 aromatic carbocycles. The van der Waals surface area contributed by atoms with Crippen LogP contribution >= 0.6 is 0 Å². The summed E-state index contributed by atoms with van der Waals surface area (Å²) in [5, 5.41) is 6.25. The van der Waals surface area contributed by atoms with Crippen molar-refractivity contribution in [2.45, 2.75) is 33.9 Å². The third-order valence-corrected chi connectivity index (χ3v) is 4.70. The van der Waals surface area contributed by atoms with Crippen LogP contribution in [0.4, 0.5) is 10.5 Å². The maximum Gasteiger partial charge on any atom is 0.407 e. The van der Waals surface area contributed by atoms with Crippen LogP contribution in [0.5, 0.6) is 0 Å². The average molecular weight is 352 g/mol. The molecule has 0 aliphatic heterocycles. The first-order valence-corrected chi connectivity index (χ1v) is 8.58. The van der Waals surface area contributed by atoms with E-state index >= 15 is 0 Å². The molecule has 0 unspecified atom stereocenters. The highest BCUT2D eigenvalue weighted by atomic mass is 16.5. The number of nitrogens with one attached hydrogen (secondary N) is 2. The molecule has 6 nitrogen and oxygen atoms in total. The van der Waals surface area contributed by atoms with Crippen molar-refractivity contribution >= 4 is 17.4 Å². The number of alkyl carbamates (subject to hydrolysis) is 1. The summed E-state index contributed by atoms with van der Waals surface area (Å²) in [6, 6.07) is 10.1. The molecule has 2 N–H and O–H groups in total. The number of carbonyl (C=O) groups excluding carboxylic acids is 1. The molecule has 0 aliphatic carbocycles. The van der Waals surface area contributed by atoms with E-state index in [0.717, 1.165) is 33.8 Å². The molecular weight excluding hydrogens is 328 g/mol. The lowest BCUT2D eigenvalue weighted by molar-refractivity contribution is 0.170. The maximum absolute atomic E-state index is 11.4. The fourth-order valence-corrected chi connectivity index (χ4v) is 3.04. The van der Waals surface area contributed by atoms with Gasteiger partial charge in [0.1, 0.15) is 0 Å². The summed E-state index contributed by atoms with van der Waals surface area (Å²) >= 11 is 0. The lowest BCUT2D eigenvalue weighted by Gasteiger charge is -2.15. The number of anilines is 1. The third-order valence-electron chi connectivity index (χ3n) is 4.70. The normalized spacial score (nSPS) is 10.8. The standard InChI is InChI=1S/C20H24N4O2/c1-13-7-5-8-16(11-22-20(25)26-4)17(13)12-21-18-9-6-10-24-15(3)14(2)23-19(18)24/h5-10,21H,11-12H2,1-4H3,(H,22,25). The van der Waals surface area contributed by atoms with Crippen LogP contribution in [0.2, 0.25) is 0 Å². The van der Waals surface area contributed by atoms with Gasteiger partial charge in [0, 0.05) is 25.0 Å². The predicted molar refractivity (Wildman–Crippen MR) is 102 cm³/mol. The molecule has 0 atom stereocenters. The van der Waals surface area contributed by atoms with E-state index in [2.05, 4.69) is 44.7 Å². The van der Waals surface area contributed by atoms with E-state index in [-0.39, 0.29) is 0 Å². The number of imidazole rings is 1. The Labute approximate surface area is 153 Å². The van der Waals surface area contributed by atoms with Crippen molar-refractivity contribution < 1.29 is 9.53 Å². The number of fused-ring (bicyclic) bond motifs is 1. The molecule has 2 aromatic heterocycles. The van der Waals surface area contributed by atoms with Gasteiger partial charge in [-0.1, -0.05) is 18.2 Å². The van der Waals surface area contributed by atoms with E-state index in [9.17, 15) is 4.79 Å². The van der Waals surface area contributed by atoms with Crippen molar-refractivity contribution in [3.8, 4) is 0 Å². The molecule has 6 heteroatoms. The van der Waals surface area contributed by atoms with E-state index in [1.165, 1.54) is 12.7 Å². The van der Waals surface area contributed by atoms with Gasteiger partial charge < -0.3 is 19.8 Å². The molecule has 26 heavy (non-hydrogen) atoms. The molecule has 0 saturated heterocycles. The van der Waals surface area contributed by atoms with Gasteiger partial charge in [-0.25, -0.2) is 9.78 Å². The highest BCUT2D eigenvalue weighted by molar-refractivity contribution is 5.69. The number of methoxy groups -OCH3 is 1. The van der Waals surface area contributed by atoms with E-state index in [0.29, 0.717) is 13.1 Å². The summed E-state index contributed by atoms with van der Waals surface area (Å²) in [7, 11) is 1.36. The van der Waals surface area contributed by atoms with Gasteiger partial charge in [0.25, 0.3) is 0 Å². The molecule has 0 bridgehead atoms. The molecule has 0 aliphatic rings. The van der Waals surface area contributed by atoms with Gasteiger partial charge >= 0.3 is 6.09 Å². The topological polar surface area (TPSA) is 67.7 Å². The monoisotopic (exact) mass is 352 g/mol. The Morgan fingerprint density at radius 2 is 1.96 bits per heavy atom. The first kappa shape index (κ1) is 17.8. The number of aromatic nitrogens is 2.